The van der Waals surface area contributed by atoms with Crippen LogP contribution in [0.2, 0.25) is 0 Å². The molecule has 110 valence electrons. The number of carbonyl (C=O) groups excluding carboxylic acids is 1. The maximum Gasteiger partial charge on any atom is 0.357 e. The number of aromatic nitrogens is 1. The molecule has 6 heteroatoms. The molecule has 0 radical (unpaired) electrons. The molecule has 1 aromatic rings. The summed E-state index contributed by atoms with van der Waals surface area (Å²) in [4.78, 5) is 19.5. The van der Waals surface area contributed by atoms with Crippen LogP contribution in [0, 0.1) is 6.92 Å². The van der Waals surface area contributed by atoms with Crippen LogP contribution in [-0.4, -0.2) is 43.4 Å². The zero-order chi connectivity index (χ0) is 14.1. The predicted molar refractivity (Wildman–Crippen MR) is 77.5 cm³/mol. The van der Waals surface area contributed by atoms with E-state index in [1.807, 2.05) is 6.92 Å². The summed E-state index contributed by atoms with van der Waals surface area (Å²) in [6.45, 7) is 3.52. The smallest absolute Gasteiger partial charge is 0.357 e. The fraction of sp³-hybridized carbons (Fsp3) is 0.714. The average molecular weight is 296 g/mol. The van der Waals surface area contributed by atoms with Crippen molar-refractivity contribution in [2.75, 3.05) is 25.2 Å². The van der Waals surface area contributed by atoms with Crippen LogP contribution in [0.25, 0.3) is 0 Å². The fourth-order valence-corrected chi connectivity index (χ4v) is 4.11. The molecule has 1 saturated carbocycles. The molecule has 0 spiro atoms. The van der Waals surface area contributed by atoms with Gasteiger partial charge in [-0.05, 0) is 19.8 Å². The molecule has 2 fully saturated rings. The fourth-order valence-electron chi connectivity index (χ4n) is 3.13. The normalized spacial score (nSPS) is 26.2. The Morgan fingerprint density at radius 3 is 3.05 bits per heavy atom. The number of anilines is 1. The summed E-state index contributed by atoms with van der Waals surface area (Å²) in [6, 6.07) is 0.411. The third-order valence-electron chi connectivity index (χ3n) is 4.14. The van der Waals surface area contributed by atoms with Gasteiger partial charge < -0.3 is 14.4 Å². The number of ether oxygens (including phenoxy) is 2. The third kappa shape index (κ3) is 2.42. The van der Waals surface area contributed by atoms with Gasteiger partial charge in [-0.2, -0.15) is 0 Å². The largest absolute Gasteiger partial charge is 0.464 e. The summed E-state index contributed by atoms with van der Waals surface area (Å²) in [5.74, 6) is -0.349. The maximum absolute atomic E-state index is 11.7. The van der Waals surface area contributed by atoms with Crippen molar-refractivity contribution in [1.29, 1.82) is 0 Å². The zero-order valence-corrected chi connectivity index (χ0v) is 12.7. The summed E-state index contributed by atoms with van der Waals surface area (Å²) in [6.07, 6.45) is 5.10. The SMILES string of the molecule is COC(=O)c1nc(N2CCOC3CCCCC32)sc1C. The number of thiazole rings is 1. The van der Waals surface area contributed by atoms with Gasteiger partial charge in [0.2, 0.25) is 0 Å². The van der Waals surface area contributed by atoms with Gasteiger partial charge in [0.25, 0.3) is 0 Å². The molecule has 2 atom stereocenters. The maximum atomic E-state index is 11.7. The Morgan fingerprint density at radius 2 is 2.25 bits per heavy atom. The number of nitrogens with zero attached hydrogens (tertiary/aromatic N) is 2. The Morgan fingerprint density at radius 1 is 1.45 bits per heavy atom. The van der Waals surface area contributed by atoms with Crippen molar-refractivity contribution in [3.63, 3.8) is 0 Å². The molecular formula is C14H20N2O3S. The third-order valence-corrected chi connectivity index (χ3v) is 5.15. The minimum Gasteiger partial charge on any atom is -0.464 e. The molecule has 2 heterocycles. The first-order valence-electron chi connectivity index (χ1n) is 7.14. The molecule has 20 heavy (non-hydrogen) atoms. The molecule has 5 nitrogen and oxygen atoms in total. The zero-order valence-electron chi connectivity index (χ0n) is 11.9. The number of esters is 1. The van der Waals surface area contributed by atoms with E-state index in [9.17, 15) is 4.79 Å². The molecule has 0 aromatic carbocycles. The number of aryl methyl sites for hydroxylation is 1. The van der Waals surface area contributed by atoms with E-state index in [0.29, 0.717) is 17.8 Å². The van der Waals surface area contributed by atoms with Gasteiger partial charge in [-0.3, -0.25) is 0 Å². The van der Waals surface area contributed by atoms with Crippen LogP contribution >= 0.6 is 11.3 Å². The van der Waals surface area contributed by atoms with Crippen molar-refractivity contribution >= 4 is 22.4 Å². The van der Waals surface area contributed by atoms with Gasteiger partial charge in [-0.1, -0.05) is 12.8 Å². The van der Waals surface area contributed by atoms with Crippen molar-refractivity contribution in [1.82, 2.24) is 4.98 Å². The first-order valence-corrected chi connectivity index (χ1v) is 7.96. The molecule has 0 N–H and O–H groups in total. The van der Waals surface area contributed by atoms with Gasteiger partial charge in [0, 0.05) is 11.4 Å². The minimum absolute atomic E-state index is 0.322. The van der Waals surface area contributed by atoms with Gasteiger partial charge in [0.1, 0.15) is 0 Å². The highest BCUT2D eigenvalue weighted by Crippen LogP contribution is 2.35. The van der Waals surface area contributed by atoms with E-state index < -0.39 is 0 Å². The monoisotopic (exact) mass is 296 g/mol. The number of hydrogen-bond acceptors (Lipinski definition) is 6. The first kappa shape index (κ1) is 13.8. The number of carbonyl (C=O) groups is 1. The molecular weight excluding hydrogens is 276 g/mol. The number of fused-ring (bicyclic) bond motifs is 1. The van der Waals surface area contributed by atoms with Crippen molar-refractivity contribution in [3.05, 3.63) is 10.6 Å². The van der Waals surface area contributed by atoms with Gasteiger partial charge in [0.05, 0.1) is 25.9 Å². The Hall–Kier alpha value is -1.14. The molecule has 1 aliphatic carbocycles. The topological polar surface area (TPSA) is 51.7 Å². The second-order valence-electron chi connectivity index (χ2n) is 5.35. The average Bonchev–Trinajstić information content (AvgIpc) is 2.87. The summed E-state index contributed by atoms with van der Waals surface area (Å²) in [5, 5.41) is 0.933. The van der Waals surface area contributed by atoms with E-state index in [4.69, 9.17) is 9.47 Å². The molecule has 1 saturated heterocycles. The van der Waals surface area contributed by atoms with Crippen LogP contribution in [-0.2, 0) is 9.47 Å². The highest BCUT2D eigenvalue weighted by atomic mass is 32.1. The molecule has 1 aromatic heterocycles. The van der Waals surface area contributed by atoms with Crippen molar-refractivity contribution in [2.45, 2.75) is 44.8 Å². The van der Waals surface area contributed by atoms with Gasteiger partial charge in [0.15, 0.2) is 10.8 Å². The number of hydrogen-bond donors (Lipinski definition) is 0. The minimum atomic E-state index is -0.349. The first-order chi connectivity index (χ1) is 9.70. The molecule has 3 rings (SSSR count). The van der Waals surface area contributed by atoms with Crippen LogP contribution < -0.4 is 4.90 Å². The van der Waals surface area contributed by atoms with E-state index in [2.05, 4.69) is 9.88 Å². The molecule has 1 aliphatic heterocycles. The molecule has 0 amide bonds. The summed E-state index contributed by atoms with van der Waals surface area (Å²) < 4.78 is 10.7. The van der Waals surface area contributed by atoms with E-state index in [-0.39, 0.29) is 5.97 Å². The van der Waals surface area contributed by atoms with Crippen molar-refractivity contribution < 1.29 is 14.3 Å². The van der Waals surface area contributed by atoms with Crippen LogP contribution in [0.5, 0.6) is 0 Å². The van der Waals surface area contributed by atoms with E-state index in [1.165, 1.54) is 20.0 Å². The van der Waals surface area contributed by atoms with Crippen LogP contribution in [0.1, 0.15) is 41.0 Å². The molecule has 2 aliphatic rings. The van der Waals surface area contributed by atoms with Gasteiger partial charge in [-0.25, -0.2) is 9.78 Å². The second kappa shape index (κ2) is 5.69. The van der Waals surface area contributed by atoms with Crippen LogP contribution in [0.4, 0.5) is 5.13 Å². The summed E-state index contributed by atoms with van der Waals surface area (Å²) >= 11 is 1.58. The number of rotatable bonds is 2. The lowest BCUT2D eigenvalue weighted by atomic mass is 9.90. The highest BCUT2D eigenvalue weighted by Gasteiger charge is 2.36. The van der Waals surface area contributed by atoms with E-state index >= 15 is 0 Å². The van der Waals surface area contributed by atoms with Crippen molar-refractivity contribution in [2.24, 2.45) is 0 Å². The Balaban J connectivity index is 1.86. The Bertz CT molecular complexity index is 501. The lowest BCUT2D eigenvalue weighted by molar-refractivity contribution is -0.00869. The predicted octanol–water partition coefficient (Wildman–Crippen LogP) is 2.39. The summed E-state index contributed by atoms with van der Waals surface area (Å²) in [7, 11) is 1.40. The van der Waals surface area contributed by atoms with E-state index in [1.54, 1.807) is 11.3 Å². The number of methoxy groups -OCH3 is 1. The standard InChI is InChI=1S/C14H20N2O3S/c1-9-12(13(17)18-2)15-14(20-9)16-7-8-19-11-6-4-3-5-10(11)16/h10-11H,3-8H2,1-2H3. The quantitative estimate of drug-likeness (QED) is 0.784. The lowest BCUT2D eigenvalue weighted by Gasteiger charge is -2.43. The lowest BCUT2D eigenvalue weighted by Crippen LogP contribution is -2.52. The van der Waals surface area contributed by atoms with Gasteiger partial charge in [-0.15, -0.1) is 11.3 Å². The Kier molecular flexibility index (Phi) is 3.94. The number of morpholine rings is 1. The van der Waals surface area contributed by atoms with E-state index in [0.717, 1.165) is 36.0 Å². The van der Waals surface area contributed by atoms with Crippen LogP contribution in [0.3, 0.4) is 0 Å². The second-order valence-corrected chi connectivity index (χ2v) is 6.53. The summed E-state index contributed by atoms with van der Waals surface area (Å²) in [5.41, 5.74) is 0.450. The molecule has 0 bridgehead atoms. The highest BCUT2D eigenvalue weighted by molar-refractivity contribution is 7.15. The van der Waals surface area contributed by atoms with Gasteiger partial charge >= 0.3 is 5.97 Å². The van der Waals surface area contributed by atoms with Crippen LogP contribution in [0.15, 0.2) is 0 Å². The Labute approximate surface area is 122 Å². The van der Waals surface area contributed by atoms with Crippen molar-refractivity contribution in [3.8, 4) is 0 Å². The molecule has 2 unspecified atom stereocenters.